The SMILES string of the molecule is CC1(N)Cc2cc(C3=CC=C(F)C4CC34)ccc2N(Cc2ccccc2)C1=O. The van der Waals surface area contributed by atoms with Gasteiger partial charge >= 0.3 is 0 Å². The second-order valence-electron chi connectivity index (χ2n) is 8.44. The molecule has 3 unspecified atom stereocenters. The molecule has 2 N–H and O–H groups in total. The summed E-state index contributed by atoms with van der Waals surface area (Å²) in [4.78, 5) is 14.8. The zero-order valence-electron chi connectivity index (χ0n) is 15.9. The minimum atomic E-state index is -0.935. The lowest BCUT2D eigenvalue weighted by atomic mass is 9.84. The molecule has 1 heterocycles. The van der Waals surface area contributed by atoms with E-state index in [9.17, 15) is 9.18 Å². The molecule has 2 aromatic carbocycles. The second-order valence-corrected chi connectivity index (χ2v) is 8.44. The Morgan fingerprint density at radius 3 is 2.71 bits per heavy atom. The Kier molecular flexibility index (Phi) is 3.81. The number of carbonyl (C=O) groups excluding carboxylic acids is 1. The van der Waals surface area contributed by atoms with E-state index >= 15 is 0 Å². The van der Waals surface area contributed by atoms with Gasteiger partial charge in [0.2, 0.25) is 5.91 Å². The van der Waals surface area contributed by atoms with Crippen molar-refractivity contribution in [2.45, 2.75) is 31.8 Å². The van der Waals surface area contributed by atoms with Gasteiger partial charge in [0.25, 0.3) is 0 Å². The quantitative estimate of drug-likeness (QED) is 0.867. The van der Waals surface area contributed by atoms with Crippen molar-refractivity contribution in [2.24, 2.45) is 17.6 Å². The number of nitrogens with two attached hydrogens (primary N) is 1. The van der Waals surface area contributed by atoms with Crippen LogP contribution in [0.2, 0.25) is 0 Å². The van der Waals surface area contributed by atoms with Gasteiger partial charge in [-0.1, -0.05) is 42.5 Å². The highest BCUT2D eigenvalue weighted by atomic mass is 19.1. The van der Waals surface area contributed by atoms with Gasteiger partial charge < -0.3 is 10.6 Å². The number of carbonyl (C=O) groups is 1. The molecule has 142 valence electrons. The summed E-state index contributed by atoms with van der Waals surface area (Å²) in [5, 5.41) is 0. The van der Waals surface area contributed by atoms with Crippen LogP contribution in [0.4, 0.5) is 10.1 Å². The molecule has 0 spiro atoms. The number of benzene rings is 2. The first-order valence-corrected chi connectivity index (χ1v) is 9.79. The van der Waals surface area contributed by atoms with E-state index in [1.165, 1.54) is 5.57 Å². The van der Waals surface area contributed by atoms with E-state index in [2.05, 4.69) is 12.1 Å². The largest absolute Gasteiger partial charge is 0.317 e. The monoisotopic (exact) mass is 374 g/mol. The van der Waals surface area contributed by atoms with Gasteiger partial charge in [-0.2, -0.15) is 0 Å². The number of rotatable bonds is 3. The lowest BCUT2D eigenvalue weighted by Gasteiger charge is -2.38. The summed E-state index contributed by atoms with van der Waals surface area (Å²) >= 11 is 0. The summed E-state index contributed by atoms with van der Waals surface area (Å²) in [6.07, 6.45) is 4.90. The highest BCUT2D eigenvalue weighted by Gasteiger charge is 2.45. The fraction of sp³-hybridized carbons (Fsp3) is 0.292. The molecule has 3 aliphatic rings. The van der Waals surface area contributed by atoms with Crippen LogP contribution in [-0.4, -0.2) is 11.4 Å². The maximum atomic E-state index is 13.7. The molecule has 0 saturated heterocycles. The first-order valence-electron chi connectivity index (χ1n) is 9.79. The fourth-order valence-electron chi connectivity index (χ4n) is 4.55. The highest BCUT2D eigenvalue weighted by molar-refractivity contribution is 6.03. The minimum absolute atomic E-state index is 0.000811. The Morgan fingerprint density at radius 2 is 1.93 bits per heavy atom. The molecule has 0 radical (unpaired) electrons. The normalized spacial score (nSPS) is 28.2. The van der Waals surface area contributed by atoms with Gasteiger partial charge in [0.15, 0.2) is 0 Å². The molecule has 4 heteroatoms. The topological polar surface area (TPSA) is 46.3 Å². The molecule has 1 aliphatic heterocycles. The van der Waals surface area contributed by atoms with Gasteiger partial charge in [0.1, 0.15) is 5.83 Å². The Bertz CT molecular complexity index is 1020. The molecule has 5 rings (SSSR count). The average molecular weight is 374 g/mol. The minimum Gasteiger partial charge on any atom is -0.317 e. The van der Waals surface area contributed by atoms with Crippen molar-refractivity contribution in [2.75, 3.05) is 4.90 Å². The lowest BCUT2D eigenvalue weighted by Crippen LogP contribution is -2.57. The second kappa shape index (κ2) is 6.14. The third-order valence-corrected chi connectivity index (χ3v) is 6.14. The molecule has 1 fully saturated rings. The van der Waals surface area contributed by atoms with E-state index < -0.39 is 5.54 Å². The highest BCUT2D eigenvalue weighted by Crippen LogP contribution is 2.55. The van der Waals surface area contributed by atoms with Crippen LogP contribution in [0, 0.1) is 11.8 Å². The zero-order valence-corrected chi connectivity index (χ0v) is 15.9. The molecular formula is C24H23FN2O. The van der Waals surface area contributed by atoms with Crippen molar-refractivity contribution in [3.05, 3.63) is 83.2 Å². The van der Waals surface area contributed by atoms with Gasteiger partial charge in [-0.05, 0) is 59.7 Å². The Morgan fingerprint density at radius 1 is 1.14 bits per heavy atom. The standard InChI is InChI=1S/C24H23FN2O/c1-24(26)13-17-11-16(18-8-9-21(25)20-12-19(18)20)7-10-22(17)27(23(24)28)14-15-5-3-2-4-6-15/h2-11,19-20H,12-14,26H2,1H3. The van der Waals surface area contributed by atoms with E-state index in [-0.39, 0.29) is 23.6 Å². The van der Waals surface area contributed by atoms with Crippen LogP contribution in [0.25, 0.3) is 5.57 Å². The summed E-state index contributed by atoms with van der Waals surface area (Å²) in [5.41, 5.74) is 10.8. The maximum Gasteiger partial charge on any atom is 0.247 e. The van der Waals surface area contributed by atoms with Crippen LogP contribution < -0.4 is 10.6 Å². The molecule has 3 atom stereocenters. The van der Waals surface area contributed by atoms with Crippen molar-refractivity contribution in [3.63, 3.8) is 0 Å². The summed E-state index contributed by atoms with van der Waals surface area (Å²) in [7, 11) is 0. The number of fused-ring (bicyclic) bond motifs is 2. The van der Waals surface area contributed by atoms with Crippen LogP contribution >= 0.6 is 0 Å². The lowest BCUT2D eigenvalue weighted by molar-refractivity contribution is -0.123. The molecule has 28 heavy (non-hydrogen) atoms. The molecule has 1 saturated carbocycles. The third kappa shape index (κ3) is 2.80. The van der Waals surface area contributed by atoms with Crippen molar-refractivity contribution >= 4 is 17.2 Å². The van der Waals surface area contributed by atoms with Gasteiger partial charge in [-0.25, -0.2) is 4.39 Å². The van der Waals surface area contributed by atoms with Crippen molar-refractivity contribution < 1.29 is 9.18 Å². The maximum absolute atomic E-state index is 13.7. The van der Waals surface area contributed by atoms with Crippen LogP contribution in [0.3, 0.4) is 0 Å². The smallest absolute Gasteiger partial charge is 0.247 e. The summed E-state index contributed by atoms with van der Waals surface area (Å²) in [6.45, 7) is 2.30. The van der Waals surface area contributed by atoms with Gasteiger partial charge in [0, 0.05) is 18.0 Å². The van der Waals surface area contributed by atoms with Crippen molar-refractivity contribution in [3.8, 4) is 0 Å². The van der Waals surface area contributed by atoms with Crippen LogP contribution in [-0.2, 0) is 17.8 Å². The van der Waals surface area contributed by atoms with Crippen molar-refractivity contribution in [1.29, 1.82) is 0 Å². The molecular weight excluding hydrogens is 351 g/mol. The molecule has 2 aromatic rings. The number of hydrogen-bond acceptors (Lipinski definition) is 2. The van der Waals surface area contributed by atoms with Crippen LogP contribution in [0.5, 0.6) is 0 Å². The van der Waals surface area contributed by atoms with Gasteiger partial charge in [-0.3, -0.25) is 4.79 Å². The number of allylic oxidation sites excluding steroid dienone is 4. The van der Waals surface area contributed by atoms with E-state index in [1.807, 2.05) is 42.5 Å². The molecule has 1 amide bonds. The Labute approximate surface area is 164 Å². The van der Waals surface area contributed by atoms with Crippen molar-refractivity contribution in [1.82, 2.24) is 0 Å². The summed E-state index contributed by atoms with van der Waals surface area (Å²) < 4.78 is 13.7. The van der Waals surface area contributed by atoms with Crippen LogP contribution in [0.1, 0.15) is 30.0 Å². The van der Waals surface area contributed by atoms with E-state index in [4.69, 9.17) is 5.73 Å². The third-order valence-electron chi connectivity index (χ3n) is 6.14. The number of hydrogen-bond donors (Lipinski definition) is 1. The van der Waals surface area contributed by atoms with E-state index in [1.54, 1.807) is 17.9 Å². The summed E-state index contributed by atoms with van der Waals surface area (Å²) in [6, 6.07) is 16.2. The number of amides is 1. The number of anilines is 1. The molecule has 0 bridgehead atoms. The van der Waals surface area contributed by atoms with E-state index in [0.717, 1.165) is 28.8 Å². The van der Waals surface area contributed by atoms with E-state index in [0.29, 0.717) is 13.0 Å². The summed E-state index contributed by atoms with van der Waals surface area (Å²) in [5.74, 6) is 0.298. The fourth-order valence-corrected chi connectivity index (χ4v) is 4.55. The first-order chi connectivity index (χ1) is 13.4. The molecule has 2 aliphatic carbocycles. The average Bonchev–Trinajstić information content (AvgIpc) is 3.48. The van der Waals surface area contributed by atoms with Crippen LogP contribution in [0.15, 0.2) is 66.5 Å². The van der Waals surface area contributed by atoms with Gasteiger partial charge in [0.05, 0.1) is 12.1 Å². The predicted molar refractivity (Wildman–Crippen MR) is 109 cm³/mol. The first kappa shape index (κ1) is 17.4. The molecule has 3 nitrogen and oxygen atoms in total. The Balaban J connectivity index is 1.54. The molecule has 0 aromatic heterocycles. The predicted octanol–water partition coefficient (Wildman–Crippen LogP) is 4.38. The Hall–Kier alpha value is -2.72. The zero-order chi connectivity index (χ0) is 19.5. The number of nitrogens with zero attached hydrogens (tertiary/aromatic N) is 1. The van der Waals surface area contributed by atoms with Gasteiger partial charge in [-0.15, -0.1) is 0 Å². The number of halogens is 1.